The van der Waals surface area contributed by atoms with Crippen LogP contribution in [0.5, 0.6) is 0 Å². The van der Waals surface area contributed by atoms with Gasteiger partial charge in [0, 0.05) is 43.3 Å². The van der Waals surface area contributed by atoms with Gasteiger partial charge in [0.25, 0.3) is 0 Å². The third-order valence-corrected chi connectivity index (χ3v) is 13.5. The van der Waals surface area contributed by atoms with Crippen LogP contribution in [-0.4, -0.2) is 4.57 Å². The normalized spacial score (nSPS) is 22.9. The summed E-state index contributed by atoms with van der Waals surface area (Å²) in [4.78, 5) is 2.52. The molecule has 0 N–H and O–H groups in total. The summed E-state index contributed by atoms with van der Waals surface area (Å²) in [5, 5.41) is 5.22. The topological polar surface area (TPSA) is 8.17 Å². The molecule has 0 radical (unpaired) electrons. The smallest absolute Gasteiger partial charge is 0.0640 e. The molecule has 12 rings (SSSR count). The van der Waals surface area contributed by atoms with Crippen molar-refractivity contribution in [3.63, 3.8) is 0 Å². The Morgan fingerprint density at radius 3 is 1.94 bits per heavy atom. The lowest BCUT2D eigenvalue weighted by Crippen LogP contribution is -2.48. The molecule has 0 spiro atoms. The van der Waals surface area contributed by atoms with Crippen LogP contribution >= 0.6 is 11.3 Å². The van der Waals surface area contributed by atoms with Crippen molar-refractivity contribution in [2.45, 2.75) is 43.9 Å². The second-order valence-electron chi connectivity index (χ2n) is 15.2. The molecule has 4 fully saturated rings. The van der Waals surface area contributed by atoms with Crippen molar-refractivity contribution >= 4 is 70.4 Å². The van der Waals surface area contributed by atoms with Gasteiger partial charge in [-0.2, -0.15) is 0 Å². The molecule has 4 saturated carbocycles. The highest BCUT2D eigenvalue weighted by molar-refractivity contribution is 7.26. The maximum Gasteiger partial charge on any atom is 0.0640 e. The summed E-state index contributed by atoms with van der Waals surface area (Å²) in [5.41, 5.74) is 9.28. The van der Waals surface area contributed by atoms with Crippen LogP contribution < -0.4 is 4.90 Å². The van der Waals surface area contributed by atoms with E-state index in [1.165, 1.54) is 103 Å². The summed E-state index contributed by atoms with van der Waals surface area (Å²) in [5.74, 6) is 2.83. The zero-order valence-corrected chi connectivity index (χ0v) is 28.4. The molecule has 8 aromatic rings. The number of fused-ring (bicyclic) bond motifs is 6. The van der Waals surface area contributed by atoms with Gasteiger partial charge in [-0.25, -0.2) is 0 Å². The number of nitrogens with zero attached hydrogens (tertiary/aromatic N) is 2. The van der Waals surface area contributed by atoms with Crippen molar-refractivity contribution in [1.29, 1.82) is 0 Å². The summed E-state index contributed by atoms with van der Waals surface area (Å²) in [6.07, 6.45) is 8.62. The lowest BCUT2D eigenvalue weighted by atomic mass is 9.48. The van der Waals surface area contributed by atoms with Gasteiger partial charge in [-0.05, 0) is 128 Å². The van der Waals surface area contributed by atoms with Crippen molar-refractivity contribution in [2.24, 2.45) is 17.8 Å². The average Bonchev–Trinajstić information content (AvgIpc) is 3.68. The van der Waals surface area contributed by atoms with E-state index >= 15 is 0 Å². The van der Waals surface area contributed by atoms with E-state index in [1.807, 2.05) is 11.3 Å². The molecule has 2 heterocycles. The third-order valence-electron chi connectivity index (χ3n) is 12.3. The molecule has 2 nitrogen and oxygen atoms in total. The Morgan fingerprint density at radius 2 is 1.16 bits per heavy atom. The first-order valence-corrected chi connectivity index (χ1v) is 18.9. The summed E-state index contributed by atoms with van der Waals surface area (Å²) < 4.78 is 5.08. The quantitative estimate of drug-likeness (QED) is 0.180. The van der Waals surface area contributed by atoms with Gasteiger partial charge in [-0.3, -0.25) is 0 Å². The molecular weight excluding hydrogens is 613 g/mol. The highest BCUT2D eigenvalue weighted by Crippen LogP contribution is 2.61. The second-order valence-corrected chi connectivity index (χ2v) is 16.3. The van der Waals surface area contributed by atoms with E-state index < -0.39 is 0 Å². The first kappa shape index (κ1) is 28.0. The monoisotopic (exact) mass is 650 g/mol. The number of aromatic nitrogens is 1. The lowest BCUT2D eigenvalue weighted by Gasteiger charge is -2.57. The molecule has 6 aromatic carbocycles. The van der Waals surface area contributed by atoms with Crippen molar-refractivity contribution in [3.8, 4) is 5.69 Å². The van der Waals surface area contributed by atoms with Crippen LogP contribution in [0.2, 0.25) is 0 Å². The number of benzene rings is 6. The third kappa shape index (κ3) is 4.25. The molecule has 4 aliphatic carbocycles. The molecule has 238 valence electrons. The predicted octanol–water partition coefficient (Wildman–Crippen LogP) is 13.1. The number of rotatable bonds is 5. The molecule has 0 saturated heterocycles. The molecule has 4 aliphatic rings. The van der Waals surface area contributed by atoms with Crippen LogP contribution in [0.25, 0.3) is 47.7 Å². The predicted molar refractivity (Wildman–Crippen MR) is 208 cm³/mol. The van der Waals surface area contributed by atoms with E-state index in [0.29, 0.717) is 5.41 Å². The van der Waals surface area contributed by atoms with Crippen LogP contribution in [-0.2, 0) is 5.41 Å². The molecule has 0 unspecified atom stereocenters. The van der Waals surface area contributed by atoms with Crippen molar-refractivity contribution < 1.29 is 0 Å². The van der Waals surface area contributed by atoms with Crippen molar-refractivity contribution in [3.05, 3.63) is 145 Å². The zero-order valence-electron chi connectivity index (χ0n) is 27.6. The largest absolute Gasteiger partial charge is 0.309 e. The number of para-hydroxylation sites is 2. The molecule has 0 amide bonds. The van der Waals surface area contributed by atoms with Crippen LogP contribution in [0, 0.1) is 17.8 Å². The van der Waals surface area contributed by atoms with Gasteiger partial charge in [0.2, 0.25) is 0 Å². The fourth-order valence-electron chi connectivity index (χ4n) is 10.7. The highest BCUT2D eigenvalue weighted by Gasteiger charge is 2.51. The molecule has 49 heavy (non-hydrogen) atoms. The molecule has 0 aliphatic heterocycles. The first-order valence-electron chi connectivity index (χ1n) is 18.1. The number of anilines is 3. The standard InChI is InChI=1S/C46H38N2S/c1-2-9-34(10-3-1)48-41-14-6-4-11-37(41)40-26-36(21-22-42(40)48)47(43-15-8-13-39-38-12-5-7-16-44(38)49-45(39)43)35-19-17-33(18-20-35)46-27-30-23-31(28-46)25-32(24-30)29-46/h1-22,26,30-32H,23-25,27-29H2. The molecule has 2 aromatic heterocycles. The average molecular weight is 651 g/mol. The Morgan fingerprint density at radius 1 is 0.531 bits per heavy atom. The minimum Gasteiger partial charge on any atom is -0.309 e. The van der Waals surface area contributed by atoms with E-state index in [9.17, 15) is 0 Å². The summed E-state index contributed by atoms with van der Waals surface area (Å²) >= 11 is 1.91. The van der Waals surface area contributed by atoms with Crippen LogP contribution in [0.3, 0.4) is 0 Å². The van der Waals surface area contributed by atoms with E-state index in [4.69, 9.17) is 0 Å². The Bertz CT molecular complexity index is 2500. The summed E-state index contributed by atoms with van der Waals surface area (Å²) in [6, 6.07) is 52.3. The minimum atomic E-state index is 0.391. The SMILES string of the molecule is c1ccc(-n2c3ccccc3c3cc(N(c4ccc(C56CC7CC(CC(C7)C5)C6)cc4)c4cccc5c4sc4ccccc45)ccc32)cc1. The van der Waals surface area contributed by atoms with Crippen molar-refractivity contribution in [2.75, 3.05) is 4.90 Å². The Balaban J connectivity index is 1.11. The van der Waals surface area contributed by atoms with E-state index in [-0.39, 0.29) is 0 Å². The first-order chi connectivity index (χ1) is 24.2. The maximum atomic E-state index is 2.52. The molecule has 3 heteroatoms. The van der Waals surface area contributed by atoms with Gasteiger partial charge in [0.15, 0.2) is 0 Å². The fraction of sp³-hybridized carbons (Fsp3) is 0.217. The van der Waals surface area contributed by atoms with Crippen LogP contribution in [0.4, 0.5) is 17.1 Å². The minimum absolute atomic E-state index is 0.391. The zero-order chi connectivity index (χ0) is 32.1. The number of thiophene rings is 1. The fourth-order valence-corrected chi connectivity index (χ4v) is 11.9. The van der Waals surface area contributed by atoms with Gasteiger partial charge in [0.1, 0.15) is 0 Å². The summed E-state index contributed by atoms with van der Waals surface area (Å²) in [6.45, 7) is 0. The van der Waals surface area contributed by atoms with Crippen molar-refractivity contribution in [1.82, 2.24) is 4.57 Å². The van der Waals surface area contributed by atoms with Gasteiger partial charge >= 0.3 is 0 Å². The lowest BCUT2D eigenvalue weighted by molar-refractivity contribution is -0.00518. The summed E-state index contributed by atoms with van der Waals surface area (Å²) in [7, 11) is 0. The maximum absolute atomic E-state index is 2.52. The van der Waals surface area contributed by atoms with Gasteiger partial charge < -0.3 is 9.47 Å². The molecule has 4 bridgehead atoms. The Kier molecular flexibility index (Phi) is 6.04. The van der Waals surface area contributed by atoms with Gasteiger partial charge in [-0.1, -0.05) is 78.9 Å². The second kappa shape index (κ2) is 10.6. The Hall–Kier alpha value is -4.86. The molecular formula is C46H38N2S. The van der Waals surface area contributed by atoms with E-state index in [1.54, 1.807) is 5.56 Å². The van der Waals surface area contributed by atoms with Crippen LogP contribution in [0.1, 0.15) is 44.1 Å². The molecule has 0 atom stereocenters. The van der Waals surface area contributed by atoms with Gasteiger partial charge in [-0.15, -0.1) is 11.3 Å². The number of hydrogen-bond donors (Lipinski definition) is 0. The van der Waals surface area contributed by atoms with Crippen LogP contribution in [0.15, 0.2) is 140 Å². The van der Waals surface area contributed by atoms with Gasteiger partial charge in [0.05, 0.1) is 21.4 Å². The Labute approximate surface area is 291 Å². The highest BCUT2D eigenvalue weighted by atomic mass is 32.1. The van der Waals surface area contributed by atoms with E-state index in [0.717, 1.165) is 17.8 Å². The number of hydrogen-bond acceptors (Lipinski definition) is 2. The van der Waals surface area contributed by atoms with E-state index in [2.05, 4.69) is 149 Å².